The van der Waals surface area contributed by atoms with Gasteiger partial charge in [0.2, 0.25) is 0 Å². The monoisotopic (exact) mass is 315 g/mol. The van der Waals surface area contributed by atoms with Crippen LogP contribution in [0.25, 0.3) is 0 Å². The third-order valence-corrected chi connectivity index (χ3v) is 3.23. The molecule has 0 aliphatic carbocycles. The van der Waals surface area contributed by atoms with Crippen LogP contribution in [0.4, 0.5) is 22.0 Å². The van der Waals surface area contributed by atoms with Gasteiger partial charge in [0.15, 0.2) is 0 Å². The molecule has 8 heteroatoms. The topological polar surface area (TPSA) is 20.3 Å². The molecule has 0 aliphatic rings. The van der Waals surface area contributed by atoms with Crippen LogP contribution in [0.1, 0.15) is 18.5 Å². The van der Waals surface area contributed by atoms with E-state index in [1.54, 1.807) is 6.07 Å². The van der Waals surface area contributed by atoms with Crippen LogP contribution >= 0.6 is 11.6 Å². The molecule has 1 amide bonds. The molecule has 1 rings (SSSR count). The van der Waals surface area contributed by atoms with Crippen LogP contribution in [-0.4, -0.2) is 30.0 Å². The maximum atomic E-state index is 13.0. The van der Waals surface area contributed by atoms with Gasteiger partial charge in [-0.3, -0.25) is 4.79 Å². The fraction of sp³-hybridized carbons (Fsp3) is 0.417. The molecule has 0 radical (unpaired) electrons. The van der Waals surface area contributed by atoms with Crippen LogP contribution in [-0.2, 0) is 4.79 Å². The van der Waals surface area contributed by atoms with E-state index in [0.717, 1.165) is 7.05 Å². The average molecular weight is 316 g/mol. The fourth-order valence-corrected chi connectivity index (χ4v) is 1.83. The molecule has 0 heterocycles. The Labute approximate surface area is 117 Å². The Morgan fingerprint density at radius 2 is 1.70 bits per heavy atom. The van der Waals surface area contributed by atoms with Crippen molar-refractivity contribution in [2.45, 2.75) is 25.1 Å². The van der Waals surface area contributed by atoms with Crippen molar-refractivity contribution in [1.82, 2.24) is 4.90 Å². The van der Waals surface area contributed by atoms with Gasteiger partial charge in [-0.2, -0.15) is 22.0 Å². The van der Waals surface area contributed by atoms with Gasteiger partial charge < -0.3 is 4.90 Å². The van der Waals surface area contributed by atoms with E-state index < -0.39 is 24.0 Å². The summed E-state index contributed by atoms with van der Waals surface area (Å²) in [7, 11) is 0.871. The van der Waals surface area contributed by atoms with Gasteiger partial charge in [0.05, 0.1) is 6.04 Å². The maximum absolute atomic E-state index is 13.0. The third kappa shape index (κ3) is 3.03. The highest BCUT2D eigenvalue weighted by molar-refractivity contribution is 6.31. The zero-order chi connectivity index (χ0) is 15.7. The van der Waals surface area contributed by atoms with Crippen molar-refractivity contribution in [1.29, 1.82) is 0 Å². The van der Waals surface area contributed by atoms with Gasteiger partial charge in [0, 0.05) is 12.1 Å². The van der Waals surface area contributed by atoms with Crippen molar-refractivity contribution in [3.8, 4) is 0 Å². The molecule has 112 valence electrons. The Hall–Kier alpha value is -1.37. The van der Waals surface area contributed by atoms with E-state index in [1.165, 1.54) is 25.1 Å². The molecule has 0 aliphatic heterocycles. The van der Waals surface area contributed by atoms with Gasteiger partial charge in [-0.15, -0.1) is 0 Å². The summed E-state index contributed by atoms with van der Waals surface area (Å²) in [6.45, 7) is 1.31. The highest BCUT2D eigenvalue weighted by Gasteiger charge is 2.64. The Kier molecular flexibility index (Phi) is 4.63. The van der Waals surface area contributed by atoms with E-state index in [0.29, 0.717) is 4.90 Å². The summed E-state index contributed by atoms with van der Waals surface area (Å²) in [5.74, 6) is -7.76. The van der Waals surface area contributed by atoms with Crippen molar-refractivity contribution in [3.05, 3.63) is 34.9 Å². The number of rotatable bonds is 3. The molecule has 20 heavy (non-hydrogen) atoms. The summed E-state index contributed by atoms with van der Waals surface area (Å²) in [6, 6.07) is 4.99. The average Bonchev–Trinajstić information content (AvgIpc) is 2.35. The Balaban J connectivity index is 3.04. The number of hydrogen-bond acceptors (Lipinski definition) is 1. The van der Waals surface area contributed by atoms with Gasteiger partial charge in [0.1, 0.15) is 0 Å². The van der Waals surface area contributed by atoms with Crippen molar-refractivity contribution < 1.29 is 26.7 Å². The van der Waals surface area contributed by atoms with Crippen molar-refractivity contribution in [3.63, 3.8) is 0 Å². The van der Waals surface area contributed by atoms with Crippen molar-refractivity contribution in [2.24, 2.45) is 0 Å². The van der Waals surface area contributed by atoms with E-state index in [4.69, 9.17) is 11.6 Å². The first-order valence-corrected chi connectivity index (χ1v) is 5.84. The third-order valence-electron chi connectivity index (χ3n) is 2.88. The number of amides is 1. The van der Waals surface area contributed by atoms with Crippen LogP contribution in [0.15, 0.2) is 24.3 Å². The quantitative estimate of drug-likeness (QED) is 0.770. The summed E-state index contributed by atoms with van der Waals surface area (Å²) in [4.78, 5) is 11.7. The van der Waals surface area contributed by atoms with Crippen LogP contribution < -0.4 is 0 Å². The van der Waals surface area contributed by atoms with Gasteiger partial charge in [-0.25, -0.2) is 0 Å². The number of hydrogen-bond donors (Lipinski definition) is 0. The summed E-state index contributed by atoms with van der Waals surface area (Å²) < 4.78 is 62.5. The van der Waals surface area contributed by atoms with E-state index in [2.05, 4.69) is 0 Å². The second-order valence-electron chi connectivity index (χ2n) is 4.19. The molecular formula is C12H11ClF5NO. The first kappa shape index (κ1) is 16.7. The molecule has 1 aromatic rings. The molecule has 0 fully saturated rings. The van der Waals surface area contributed by atoms with E-state index in [9.17, 15) is 26.7 Å². The molecule has 1 atom stereocenters. The maximum Gasteiger partial charge on any atom is 0.463 e. The molecule has 1 aromatic carbocycles. The largest absolute Gasteiger partial charge is 0.463 e. The normalized spacial score (nSPS) is 14.0. The van der Waals surface area contributed by atoms with E-state index in [-0.39, 0.29) is 10.6 Å². The summed E-state index contributed by atoms with van der Waals surface area (Å²) in [5, 5.41) is 0.176. The lowest BCUT2D eigenvalue weighted by atomic mass is 10.1. The molecule has 0 N–H and O–H groups in total. The summed E-state index contributed by atoms with van der Waals surface area (Å²) in [5.41, 5.74) is 0.281. The van der Waals surface area contributed by atoms with Gasteiger partial charge >= 0.3 is 18.0 Å². The van der Waals surface area contributed by atoms with Crippen LogP contribution in [0.2, 0.25) is 5.02 Å². The smallest absolute Gasteiger partial charge is 0.333 e. The Morgan fingerprint density at radius 3 is 2.15 bits per heavy atom. The van der Waals surface area contributed by atoms with Crippen LogP contribution in [0.3, 0.4) is 0 Å². The number of nitrogens with zero attached hydrogens (tertiary/aromatic N) is 1. The second kappa shape index (κ2) is 5.55. The standard InChI is InChI=1S/C12H11ClF5NO/c1-7(8-5-3-4-6-9(8)13)19(2)10(20)11(14,15)12(16,17)18/h3-7H,1-2H3. The highest BCUT2D eigenvalue weighted by Crippen LogP contribution is 2.38. The minimum Gasteiger partial charge on any atom is -0.333 e. The minimum absolute atomic E-state index is 0.176. The molecule has 0 bridgehead atoms. The zero-order valence-corrected chi connectivity index (χ0v) is 11.3. The molecule has 2 nitrogen and oxygen atoms in total. The van der Waals surface area contributed by atoms with E-state index in [1.807, 2.05) is 0 Å². The molecule has 0 saturated heterocycles. The van der Waals surface area contributed by atoms with Gasteiger partial charge in [0.25, 0.3) is 0 Å². The Bertz CT molecular complexity index is 503. The second-order valence-corrected chi connectivity index (χ2v) is 4.59. The number of benzene rings is 1. The first-order valence-electron chi connectivity index (χ1n) is 5.46. The van der Waals surface area contributed by atoms with Crippen LogP contribution in [0, 0.1) is 0 Å². The zero-order valence-electron chi connectivity index (χ0n) is 10.5. The number of carbonyl (C=O) groups is 1. The number of carbonyl (C=O) groups excluding carboxylic acids is 1. The summed E-state index contributed by atoms with van der Waals surface area (Å²) >= 11 is 5.82. The van der Waals surface area contributed by atoms with Crippen molar-refractivity contribution in [2.75, 3.05) is 7.05 Å². The number of alkyl halides is 5. The van der Waals surface area contributed by atoms with E-state index >= 15 is 0 Å². The lowest BCUT2D eigenvalue weighted by Crippen LogP contribution is -2.51. The molecular weight excluding hydrogens is 305 g/mol. The first-order chi connectivity index (χ1) is 9.00. The fourth-order valence-electron chi connectivity index (χ4n) is 1.54. The predicted octanol–water partition coefficient (Wildman–Crippen LogP) is 4.06. The molecule has 0 aromatic heterocycles. The summed E-state index contributed by atoms with van der Waals surface area (Å²) in [6.07, 6.45) is -5.93. The predicted molar refractivity (Wildman–Crippen MR) is 63.6 cm³/mol. The number of halogens is 6. The highest BCUT2D eigenvalue weighted by atomic mass is 35.5. The Morgan fingerprint density at radius 1 is 1.20 bits per heavy atom. The molecule has 0 spiro atoms. The molecule has 1 unspecified atom stereocenters. The van der Waals surface area contributed by atoms with Crippen molar-refractivity contribution >= 4 is 17.5 Å². The minimum atomic E-state index is -5.93. The lowest BCUT2D eigenvalue weighted by Gasteiger charge is -2.30. The molecule has 0 saturated carbocycles. The lowest BCUT2D eigenvalue weighted by molar-refractivity contribution is -0.274. The van der Waals surface area contributed by atoms with Gasteiger partial charge in [-0.1, -0.05) is 29.8 Å². The van der Waals surface area contributed by atoms with Gasteiger partial charge in [-0.05, 0) is 18.6 Å². The van der Waals surface area contributed by atoms with Crippen LogP contribution in [0.5, 0.6) is 0 Å². The SMILES string of the molecule is CC(c1ccccc1Cl)N(C)C(=O)C(F)(F)C(F)(F)F.